The Kier molecular flexibility index (Phi) is 2.06. The smallest absolute Gasteiger partial charge is 0.138 e. The molecule has 1 atom stereocenters. The van der Waals surface area contributed by atoms with Crippen LogP contribution in [0, 0.1) is 0 Å². The second-order valence-corrected chi connectivity index (χ2v) is 4.44. The number of anilines is 1. The van der Waals surface area contributed by atoms with Crippen LogP contribution in [0.15, 0.2) is 18.2 Å². The monoisotopic (exact) mass is 204 g/mol. The number of phenols is 1. The summed E-state index contributed by atoms with van der Waals surface area (Å²) in [5.74, 6) is 0.384. The standard InChI is InChI=1S/C12H16N2O/c15-11-4-1-3-9-7-10(8-13-12(9)11)14-5-2-6-14/h1,3-4,10,13,15H,2,5-8H2. The molecule has 0 aliphatic carbocycles. The molecule has 0 radical (unpaired) electrons. The molecular formula is C12H16N2O. The number of hydrogen-bond donors (Lipinski definition) is 2. The summed E-state index contributed by atoms with van der Waals surface area (Å²) in [5.41, 5.74) is 2.19. The van der Waals surface area contributed by atoms with Crippen molar-refractivity contribution in [1.82, 2.24) is 4.90 Å². The number of para-hydroxylation sites is 1. The van der Waals surface area contributed by atoms with Crippen molar-refractivity contribution < 1.29 is 5.11 Å². The van der Waals surface area contributed by atoms with Crippen LogP contribution in [0.5, 0.6) is 5.75 Å². The molecule has 0 amide bonds. The number of benzene rings is 1. The molecule has 0 saturated carbocycles. The molecule has 1 aromatic rings. The molecule has 15 heavy (non-hydrogen) atoms. The maximum atomic E-state index is 9.68. The molecule has 2 N–H and O–H groups in total. The van der Waals surface area contributed by atoms with E-state index in [1.165, 1.54) is 25.1 Å². The molecule has 1 unspecified atom stereocenters. The number of hydrogen-bond acceptors (Lipinski definition) is 3. The Bertz CT molecular complexity index is 374. The van der Waals surface area contributed by atoms with Crippen LogP contribution >= 0.6 is 0 Å². The third-order valence-corrected chi connectivity index (χ3v) is 3.51. The van der Waals surface area contributed by atoms with Crippen LogP contribution < -0.4 is 5.32 Å². The van der Waals surface area contributed by atoms with Gasteiger partial charge in [0.2, 0.25) is 0 Å². The van der Waals surface area contributed by atoms with Gasteiger partial charge in [0.1, 0.15) is 5.75 Å². The minimum Gasteiger partial charge on any atom is -0.506 e. The second-order valence-electron chi connectivity index (χ2n) is 4.44. The van der Waals surface area contributed by atoms with Crippen molar-refractivity contribution >= 4 is 5.69 Å². The average molecular weight is 204 g/mol. The van der Waals surface area contributed by atoms with E-state index < -0.39 is 0 Å². The zero-order valence-corrected chi connectivity index (χ0v) is 8.74. The highest BCUT2D eigenvalue weighted by Gasteiger charge is 2.28. The van der Waals surface area contributed by atoms with Crippen LogP contribution in [0.1, 0.15) is 12.0 Å². The van der Waals surface area contributed by atoms with Gasteiger partial charge in [-0.25, -0.2) is 0 Å². The van der Waals surface area contributed by atoms with E-state index >= 15 is 0 Å². The molecule has 1 aromatic carbocycles. The van der Waals surface area contributed by atoms with Crippen LogP contribution in [-0.4, -0.2) is 35.7 Å². The lowest BCUT2D eigenvalue weighted by atomic mass is 9.96. The molecule has 3 rings (SSSR count). The second kappa shape index (κ2) is 3.42. The Morgan fingerprint density at radius 1 is 1.33 bits per heavy atom. The molecular weight excluding hydrogens is 188 g/mol. The summed E-state index contributed by atoms with van der Waals surface area (Å²) in [6, 6.07) is 6.39. The highest BCUT2D eigenvalue weighted by molar-refractivity contribution is 5.63. The minimum atomic E-state index is 0.384. The van der Waals surface area contributed by atoms with Crippen molar-refractivity contribution in [3.63, 3.8) is 0 Å². The van der Waals surface area contributed by atoms with Gasteiger partial charge in [0.05, 0.1) is 5.69 Å². The van der Waals surface area contributed by atoms with Gasteiger partial charge >= 0.3 is 0 Å². The fraction of sp³-hybridized carbons (Fsp3) is 0.500. The molecule has 1 fully saturated rings. The van der Waals surface area contributed by atoms with Gasteiger partial charge in [0.15, 0.2) is 0 Å². The van der Waals surface area contributed by atoms with Crippen LogP contribution in [0.2, 0.25) is 0 Å². The third-order valence-electron chi connectivity index (χ3n) is 3.51. The van der Waals surface area contributed by atoms with Gasteiger partial charge in [-0.2, -0.15) is 0 Å². The largest absolute Gasteiger partial charge is 0.506 e. The number of nitrogens with one attached hydrogen (secondary N) is 1. The lowest BCUT2D eigenvalue weighted by Gasteiger charge is -2.41. The maximum Gasteiger partial charge on any atom is 0.138 e. The molecule has 2 aliphatic rings. The zero-order chi connectivity index (χ0) is 10.3. The Labute approximate surface area is 89.7 Å². The first-order valence-electron chi connectivity index (χ1n) is 5.63. The van der Waals surface area contributed by atoms with E-state index in [4.69, 9.17) is 0 Å². The van der Waals surface area contributed by atoms with Crippen LogP contribution in [-0.2, 0) is 6.42 Å². The molecule has 0 aromatic heterocycles. The Morgan fingerprint density at radius 2 is 2.20 bits per heavy atom. The molecule has 2 heterocycles. The van der Waals surface area contributed by atoms with Crippen LogP contribution in [0.25, 0.3) is 0 Å². The van der Waals surface area contributed by atoms with Crippen LogP contribution in [0.4, 0.5) is 5.69 Å². The van der Waals surface area contributed by atoms with Crippen molar-refractivity contribution in [3.05, 3.63) is 23.8 Å². The summed E-state index contributed by atoms with van der Waals surface area (Å²) < 4.78 is 0. The van der Waals surface area contributed by atoms with Gasteiger partial charge in [-0.1, -0.05) is 12.1 Å². The normalized spacial score (nSPS) is 25.2. The first-order chi connectivity index (χ1) is 7.34. The van der Waals surface area contributed by atoms with Crippen molar-refractivity contribution in [1.29, 1.82) is 0 Å². The van der Waals surface area contributed by atoms with Crippen molar-refractivity contribution in [3.8, 4) is 5.75 Å². The highest BCUT2D eigenvalue weighted by Crippen LogP contribution is 2.32. The van der Waals surface area contributed by atoms with Gasteiger partial charge < -0.3 is 10.4 Å². The molecule has 2 aliphatic heterocycles. The lowest BCUT2D eigenvalue weighted by molar-refractivity contribution is 0.122. The predicted octanol–water partition coefficient (Wildman–Crippen LogP) is 1.43. The summed E-state index contributed by atoms with van der Waals surface area (Å²) in [7, 11) is 0. The summed E-state index contributed by atoms with van der Waals surface area (Å²) >= 11 is 0. The molecule has 1 saturated heterocycles. The van der Waals surface area contributed by atoms with E-state index in [-0.39, 0.29) is 0 Å². The fourth-order valence-electron chi connectivity index (χ4n) is 2.47. The van der Waals surface area contributed by atoms with Gasteiger partial charge in [0.25, 0.3) is 0 Å². The van der Waals surface area contributed by atoms with Gasteiger partial charge in [-0.15, -0.1) is 0 Å². The summed E-state index contributed by atoms with van der Waals surface area (Å²) in [6.45, 7) is 3.44. The van der Waals surface area contributed by atoms with Gasteiger partial charge in [0, 0.05) is 12.6 Å². The number of likely N-dealkylation sites (tertiary alicyclic amines) is 1. The number of nitrogens with zero attached hydrogens (tertiary/aromatic N) is 1. The van der Waals surface area contributed by atoms with E-state index in [2.05, 4.69) is 16.3 Å². The number of aromatic hydroxyl groups is 1. The van der Waals surface area contributed by atoms with E-state index in [1.54, 1.807) is 6.07 Å². The third kappa shape index (κ3) is 1.47. The van der Waals surface area contributed by atoms with Crippen molar-refractivity contribution in [2.24, 2.45) is 0 Å². The SMILES string of the molecule is Oc1cccc2c1NCC(N1CCC1)C2. The van der Waals surface area contributed by atoms with E-state index in [9.17, 15) is 5.11 Å². The highest BCUT2D eigenvalue weighted by atomic mass is 16.3. The Hall–Kier alpha value is -1.22. The summed E-state index contributed by atoms with van der Waals surface area (Å²) in [6.07, 6.45) is 2.40. The molecule has 80 valence electrons. The van der Waals surface area contributed by atoms with E-state index in [1.807, 2.05) is 6.07 Å². The van der Waals surface area contributed by atoms with E-state index in [0.717, 1.165) is 18.7 Å². The van der Waals surface area contributed by atoms with Gasteiger partial charge in [-0.05, 0) is 37.6 Å². The molecule has 0 spiro atoms. The number of phenolic OH excluding ortho intramolecular Hbond substituents is 1. The lowest BCUT2D eigenvalue weighted by Crippen LogP contribution is -2.50. The van der Waals surface area contributed by atoms with Crippen LogP contribution in [0.3, 0.4) is 0 Å². The Balaban J connectivity index is 1.83. The van der Waals surface area contributed by atoms with E-state index in [0.29, 0.717) is 11.8 Å². The predicted molar refractivity (Wildman–Crippen MR) is 60.3 cm³/mol. The van der Waals surface area contributed by atoms with Gasteiger partial charge in [-0.3, -0.25) is 4.90 Å². The summed E-state index contributed by atoms with van der Waals surface area (Å²) in [5, 5.41) is 13.0. The quantitative estimate of drug-likeness (QED) is 0.679. The average Bonchev–Trinajstić information content (AvgIpc) is 2.15. The van der Waals surface area contributed by atoms with Crippen molar-refractivity contribution in [2.75, 3.05) is 25.0 Å². The zero-order valence-electron chi connectivity index (χ0n) is 8.74. The number of rotatable bonds is 1. The molecule has 0 bridgehead atoms. The topological polar surface area (TPSA) is 35.5 Å². The summed E-state index contributed by atoms with van der Waals surface area (Å²) in [4.78, 5) is 2.51. The molecule has 3 nitrogen and oxygen atoms in total. The molecule has 3 heteroatoms. The Morgan fingerprint density at radius 3 is 2.93 bits per heavy atom. The minimum absolute atomic E-state index is 0.384. The van der Waals surface area contributed by atoms with Crippen molar-refractivity contribution in [2.45, 2.75) is 18.9 Å². The number of fused-ring (bicyclic) bond motifs is 1. The first-order valence-corrected chi connectivity index (χ1v) is 5.63. The maximum absolute atomic E-state index is 9.68. The first kappa shape index (κ1) is 9.04. The fourth-order valence-corrected chi connectivity index (χ4v) is 2.47.